The summed E-state index contributed by atoms with van der Waals surface area (Å²) in [5, 5.41) is 7.39. The molecule has 1 amide bonds. The van der Waals surface area contributed by atoms with E-state index in [9.17, 15) is 9.59 Å². The second-order valence-corrected chi connectivity index (χ2v) is 6.39. The average molecular weight is 325 g/mol. The van der Waals surface area contributed by atoms with Crippen molar-refractivity contribution in [3.05, 3.63) is 64.1 Å². The quantitative estimate of drug-likeness (QED) is 0.888. The van der Waals surface area contributed by atoms with Crippen LogP contribution in [0.1, 0.15) is 55.1 Å². The molecule has 0 saturated heterocycles. The minimum atomic E-state index is -0.301. The van der Waals surface area contributed by atoms with Gasteiger partial charge in [-0.1, -0.05) is 43.7 Å². The van der Waals surface area contributed by atoms with Gasteiger partial charge < -0.3 is 5.32 Å². The van der Waals surface area contributed by atoms with Gasteiger partial charge in [-0.15, -0.1) is 0 Å². The van der Waals surface area contributed by atoms with E-state index in [1.165, 1.54) is 16.8 Å². The van der Waals surface area contributed by atoms with Crippen LogP contribution in [0.2, 0.25) is 0 Å². The predicted octanol–water partition coefficient (Wildman–Crippen LogP) is 2.85. The van der Waals surface area contributed by atoms with Crippen LogP contribution in [-0.2, 0) is 12.1 Å². The van der Waals surface area contributed by atoms with E-state index in [4.69, 9.17) is 0 Å². The Kier molecular flexibility index (Phi) is 4.79. The molecule has 1 aromatic heterocycles. The third kappa shape index (κ3) is 3.25. The van der Waals surface area contributed by atoms with Gasteiger partial charge in [0.1, 0.15) is 5.69 Å². The highest BCUT2D eigenvalue weighted by Crippen LogP contribution is 2.41. The van der Waals surface area contributed by atoms with Crippen LogP contribution >= 0.6 is 0 Å². The van der Waals surface area contributed by atoms with Gasteiger partial charge in [0.15, 0.2) is 0 Å². The lowest BCUT2D eigenvalue weighted by Gasteiger charge is -2.43. The minimum Gasteiger partial charge on any atom is -0.341 e. The fraction of sp³-hybridized carbons (Fsp3) is 0.421. The first-order valence-electron chi connectivity index (χ1n) is 8.61. The third-order valence-electron chi connectivity index (χ3n) is 4.71. The average Bonchev–Trinajstić information content (AvgIpc) is 2.58. The molecule has 1 N–H and O–H groups in total. The zero-order valence-corrected chi connectivity index (χ0v) is 14.0. The first-order valence-corrected chi connectivity index (χ1v) is 8.61. The lowest BCUT2D eigenvalue weighted by Crippen LogP contribution is -2.51. The largest absolute Gasteiger partial charge is 0.341 e. The molecule has 1 aromatic carbocycles. The van der Waals surface area contributed by atoms with Gasteiger partial charge in [-0.2, -0.15) is 5.10 Å². The summed E-state index contributed by atoms with van der Waals surface area (Å²) in [6.45, 7) is 2.60. The Morgan fingerprint density at radius 1 is 1.21 bits per heavy atom. The van der Waals surface area contributed by atoms with Crippen molar-refractivity contribution in [3.8, 4) is 0 Å². The van der Waals surface area contributed by atoms with Gasteiger partial charge in [-0.05, 0) is 37.3 Å². The van der Waals surface area contributed by atoms with E-state index in [-0.39, 0.29) is 17.0 Å². The molecule has 2 aromatic rings. The number of aromatic nitrogens is 2. The van der Waals surface area contributed by atoms with Gasteiger partial charge in [0, 0.05) is 12.6 Å². The second kappa shape index (κ2) is 6.99. The fourth-order valence-corrected chi connectivity index (χ4v) is 3.09. The van der Waals surface area contributed by atoms with Crippen molar-refractivity contribution in [3.63, 3.8) is 0 Å². The van der Waals surface area contributed by atoms with Crippen LogP contribution in [0.3, 0.4) is 0 Å². The summed E-state index contributed by atoms with van der Waals surface area (Å²) < 4.78 is 1.38. The molecular formula is C19H23N3O2. The van der Waals surface area contributed by atoms with Gasteiger partial charge in [0.25, 0.3) is 11.5 Å². The molecule has 0 unspecified atom stereocenters. The highest BCUT2D eigenvalue weighted by molar-refractivity contribution is 5.92. The molecule has 1 aliphatic carbocycles. The van der Waals surface area contributed by atoms with Crippen LogP contribution in [0.4, 0.5) is 0 Å². The van der Waals surface area contributed by atoms with Crippen molar-refractivity contribution in [2.75, 3.05) is 0 Å². The van der Waals surface area contributed by atoms with Crippen molar-refractivity contribution < 1.29 is 4.79 Å². The molecule has 1 heterocycles. The summed E-state index contributed by atoms with van der Waals surface area (Å²) in [7, 11) is 0. The van der Waals surface area contributed by atoms with E-state index in [0.717, 1.165) is 37.7 Å². The van der Waals surface area contributed by atoms with Gasteiger partial charge in [0.05, 0.1) is 5.54 Å². The number of hydrogen-bond acceptors (Lipinski definition) is 3. The Labute approximate surface area is 141 Å². The van der Waals surface area contributed by atoms with E-state index in [0.29, 0.717) is 12.2 Å². The van der Waals surface area contributed by atoms with Crippen LogP contribution in [0.15, 0.2) is 47.3 Å². The molecule has 126 valence electrons. The smallest absolute Gasteiger partial charge is 0.272 e. The monoisotopic (exact) mass is 325 g/mol. The lowest BCUT2D eigenvalue weighted by molar-refractivity contribution is 0.0815. The number of rotatable bonds is 6. The van der Waals surface area contributed by atoms with E-state index in [1.54, 1.807) is 0 Å². The predicted molar refractivity (Wildman–Crippen MR) is 92.8 cm³/mol. The first kappa shape index (κ1) is 16.4. The number of aryl methyl sites for hydroxylation is 1. The van der Waals surface area contributed by atoms with Gasteiger partial charge in [0.2, 0.25) is 0 Å². The Balaban J connectivity index is 1.80. The van der Waals surface area contributed by atoms with Crippen LogP contribution in [-0.4, -0.2) is 15.7 Å². The number of nitrogens with zero attached hydrogens (tertiary/aromatic N) is 2. The molecule has 1 fully saturated rings. The lowest BCUT2D eigenvalue weighted by atomic mass is 9.71. The van der Waals surface area contributed by atoms with Crippen molar-refractivity contribution >= 4 is 5.91 Å². The molecule has 0 spiro atoms. The van der Waals surface area contributed by atoms with E-state index in [1.807, 2.05) is 18.2 Å². The summed E-state index contributed by atoms with van der Waals surface area (Å²) in [6, 6.07) is 13.0. The Hall–Kier alpha value is -2.43. The first-order chi connectivity index (χ1) is 11.6. The summed E-state index contributed by atoms with van der Waals surface area (Å²) >= 11 is 0. The molecule has 0 radical (unpaired) electrons. The zero-order valence-electron chi connectivity index (χ0n) is 14.0. The number of amides is 1. The maximum Gasteiger partial charge on any atom is 0.272 e. The number of carbonyl (C=O) groups excluding carboxylic acids is 1. The molecule has 0 aliphatic heterocycles. The summed E-state index contributed by atoms with van der Waals surface area (Å²) in [5.41, 5.74) is 0.961. The number of carbonyl (C=O) groups is 1. The molecule has 24 heavy (non-hydrogen) atoms. The summed E-state index contributed by atoms with van der Waals surface area (Å²) in [5.74, 6) is -0.219. The molecule has 3 rings (SSSR count). The van der Waals surface area contributed by atoms with Crippen molar-refractivity contribution in [2.45, 2.75) is 51.1 Å². The van der Waals surface area contributed by atoms with E-state index in [2.05, 4.69) is 29.5 Å². The molecular weight excluding hydrogens is 302 g/mol. The maximum atomic E-state index is 12.7. The molecule has 1 aliphatic rings. The topological polar surface area (TPSA) is 64.0 Å². The normalized spacial score (nSPS) is 15.5. The van der Waals surface area contributed by atoms with Gasteiger partial charge in [-0.25, -0.2) is 4.68 Å². The molecule has 5 heteroatoms. The molecule has 0 bridgehead atoms. The van der Waals surface area contributed by atoms with E-state index < -0.39 is 0 Å². The SMILES string of the molecule is CCCCn1nc(C(=O)NC2(c3ccccc3)CCC2)ccc1=O. The third-order valence-corrected chi connectivity index (χ3v) is 4.71. The van der Waals surface area contributed by atoms with E-state index >= 15 is 0 Å². The summed E-state index contributed by atoms with van der Waals surface area (Å²) in [6.07, 6.45) is 4.79. The second-order valence-electron chi connectivity index (χ2n) is 6.39. The van der Waals surface area contributed by atoms with Crippen molar-refractivity contribution in [1.82, 2.24) is 15.1 Å². The molecule has 5 nitrogen and oxygen atoms in total. The van der Waals surface area contributed by atoms with Gasteiger partial charge >= 0.3 is 0 Å². The van der Waals surface area contributed by atoms with Gasteiger partial charge in [-0.3, -0.25) is 9.59 Å². The Morgan fingerprint density at radius 2 is 1.96 bits per heavy atom. The number of benzene rings is 1. The zero-order chi connectivity index (χ0) is 17.0. The number of nitrogens with one attached hydrogen (secondary N) is 1. The summed E-state index contributed by atoms with van der Waals surface area (Å²) in [4.78, 5) is 24.5. The molecule has 0 atom stereocenters. The number of hydrogen-bond donors (Lipinski definition) is 1. The minimum absolute atomic E-state index is 0.165. The van der Waals surface area contributed by atoms with Crippen LogP contribution in [0.25, 0.3) is 0 Å². The standard InChI is InChI=1S/C19H23N3O2/c1-2-3-14-22-17(23)11-10-16(21-22)18(24)20-19(12-7-13-19)15-8-5-4-6-9-15/h4-6,8-11H,2-3,7,12-14H2,1H3,(H,20,24). The van der Waals surface area contributed by atoms with Crippen LogP contribution in [0, 0.1) is 0 Å². The van der Waals surface area contributed by atoms with Crippen molar-refractivity contribution in [1.29, 1.82) is 0 Å². The Bertz CT molecular complexity index is 764. The fourth-order valence-electron chi connectivity index (χ4n) is 3.09. The number of unbranched alkanes of at least 4 members (excludes halogenated alkanes) is 1. The van der Waals surface area contributed by atoms with Crippen LogP contribution < -0.4 is 10.9 Å². The molecule has 1 saturated carbocycles. The Morgan fingerprint density at radius 3 is 2.58 bits per heavy atom. The van der Waals surface area contributed by atoms with Crippen LogP contribution in [0.5, 0.6) is 0 Å². The highest BCUT2D eigenvalue weighted by atomic mass is 16.2. The highest BCUT2D eigenvalue weighted by Gasteiger charge is 2.40. The maximum absolute atomic E-state index is 12.7. The van der Waals surface area contributed by atoms with Crippen molar-refractivity contribution in [2.24, 2.45) is 0 Å².